The highest BCUT2D eigenvalue weighted by Gasteiger charge is 2.25. The Morgan fingerprint density at radius 2 is 1.71 bits per heavy atom. The third-order valence-corrected chi connectivity index (χ3v) is 6.82. The second kappa shape index (κ2) is 9.21. The number of carbonyl (C=O) groups is 1. The van der Waals surface area contributed by atoms with Crippen LogP contribution in [0.25, 0.3) is 0 Å². The van der Waals surface area contributed by atoms with Gasteiger partial charge in [0.05, 0.1) is 12.0 Å². The van der Waals surface area contributed by atoms with E-state index in [1.165, 1.54) is 12.1 Å². The van der Waals surface area contributed by atoms with Crippen LogP contribution in [0.5, 0.6) is 5.75 Å². The van der Waals surface area contributed by atoms with Gasteiger partial charge in [-0.05, 0) is 54.8 Å². The summed E-state index contributed by atoms with van der Waals surface area (Å²) in [6.07, 6.45) is 3.92. The van der Waals surface area contributed by atoms with Gasteiger partial charge in [-0.15, -0.1) is 0 Å². The lowest BCUT2D eigenvalue weighted by Gasteiger charge is -2.20. The Hall–Kier alpha value is -2.38. The molecule has 0 aromatic heterocycles. The van der Waals surface area contributed by atoms with Crippen molar-refractivity contribution in [3.63, 3.8) is 0 Å². The number of ether oxygens (including phenoxy) is 1. The van der Waals surface area contributed by atoms with Crippen LogP contribution in [0.1, 0.15) is 41.6 Å². The second-order valence-electron chi connectivity index (χ2n) is 6.88. The molecule has 7 heteroatoms. The highest BCUT2D eigenvalue weighted by Crippen LogP contribution is 2.21. The largest absolute Gasteiger partial charge is 0.497 e. The minimum absolute atomic E-state index is 0.235. The van der Waals surface area contributed by atoms with Gasteiger partial charge in [-0.1, -0.05) is 25.0 Å². The highest BCUT2D eigenvalue weighted by atomic mass is 32.2. The molecule has 2 aromatic rings. The molecule has 1 aliphatic heterocycles. The van der Waals surface area contributed by atoms with Gasteiger partial charge < -0.3 is 10.1 Å². The zero-order valence-corrected chi connectivity index (χ0v) is 16.9. The first-order valence-electron chi connectivity index (χ1n) is 9.52. The maximum Gasteiger partial charge on any atom is 0.251 e. The molecule has 0 atom stereocenters. The molecule has 6 nitrogen and oxygen atoms in total. The van der Waals surface area contributed by atoms with Crippen LogP contribution in [0, 0.1) is 0 Å². The van der Waals surface area contributed by atoms with E-state index in [1.54, 1.807) is 23.5 Å². The number of nitrogens with one attached hydrogen (secondary N) is 1. The fraction of sp³-hybridized carbons (Fsp3) is 0.381. The maximum atomic E-state index is 12.8. The van der Waals surface area contributed by atoms with Crippen molar-refractivity contribution in [2.75, 3.05) is 20.2 Å². The first-order chi connectivity index (χ1) is 13.5. The molecule has 28 heavy (non-hydrogen) atoms. The number of sulfonamides is 1. The van der Waals surface area contributed by atoms with Crippen molar-refractivity contribution in [2.45, 2.75) is 37.1 Å². The fourth-order valence-electron chi connectivity index (χ4n) is 3.28. The van der Waals surface area contributed by atoms with Gasteiger partial charge in [-0.2, -0.15) is 4.31 Å². The van der Waals surface area contributed by atoms with Crippen LogP contribution >= 0.6 is 0 Å². The van der Waals surface area contributed by atoms with E-state index in [1.807, 2.05) is 24.3 Å². The van der Waals surface area contributed by atoms with Crippen LogP contribution in [0.3, 0.4) is 0 Å². The smallest absolute Gasteiger partial charge is 0.251 e. The second-order valence-corrected chi connectivity index (χ2v) is 8.81. The van der Waals surface area contributed by atoms with E-state index in [2.05, 4.69) is 5.32 Å². The van der Waals surface area contributed by atoms with E-state index in [9.17, 15) is 13.2 Å². The van der Waals surface area contributed by atoms with Crippen molar-refractivity contribution in [3.8, 4) is 5.75 Å². The molecule has 1 heterocycles. The van der Waals surface area contributed by atoms with Crippen molar-refractivity contribution in [1.29, 1.82) is 0 Å². The number of nitrogens with zero attached hydrogens (tertiary/aromatic N) is 1. The number of amides is 1. The molecule has 1 saturated heterocycles. The van der Waals surface area contributed by atoms with Gasteiger partial charge in [-0.25, -0.2) is 8.42 Å². The monoisotopic (exact) mass is 402 g/mol. The van der Waals surface area contributed by atoms with Crippen LogP contribution in [-0.2, 0) is 16.6 Å². The van der Waals surface area contributed by atoms with Crippen LogP contribution < -0.4 is 10.1 Å². The molecule has 0 aliphatic carbocycles. The quantitative estimate of drug-likeness (QED) is 0.805. The van der Waals surface area contributed by atoms with Gasteiger partial charge >= 0.3 is 0 Å². The molecule has 0 saturated carbocycles. The van der Waals surface area contributed by atoms with Gasteiger partial charge in [0, 0.05) is 25.2 Å². The molecule has 1 N–H and O–H groups in total. The lowest BCUT2D eigenvalue weighted by molar-refractivity contribution is 0.0950. The fourth-order valence-corrected chi connectivity index (χ4v) is 4.79. The third-order valence-electron chi connectivity index (χ3n) is 4.91. The Labute approximate surface area is 166 Å². The molecule has 0 bridgehead atoms. The minimum Gasteiger partial charge on any atom is -0.497 e. The topological polar surface area (TPSA) is 75.7 Å². The maximum absolute atomic E-state index is 12.8. The lowest BCUT2D eigenvalue weighted by atomic mass is 10.2. The molecule has 0 radical (unpaired) electrons. The molecular formula is C21H26N2O4S. The number of hydrogen-bond donors (Lipinski definition) is 1. The average molecular weight is 403 g/mol. The Morgan fingerprint density at radius 3 is 2.36 bits per heavy atom. The van der Waals surface area contributed by atoms with Gasteiger partial charge in [0.1, 0.15) is 5.75 Å². The third kappa shape index (κ3) is 4.91. The van der Waals surface area contributed by atoms with Crippen molar-refractivity contribution < 1.29 is 17.9 Å². The number of methoxy groups -OCH3 is 1. The summed E-state index contributed by atoms with van der Waals surface area (Å²) in [4.78, 5) is 12.6. The number of hydrogen-bond acceptors (Lipinski definition) is 4. The summed E-state index contributed by atoms with van der Waals surface area (Å²) >= 11 is 0. The summed E-state index contributed by atoms with van der Waals surface area (Å²) < 4.78 is 32.3. The molecule has 0 spiro atoms. The van der Waals surface area contributed by atoms with Gasteiger partial charge in [-0.3, -0.25) is 4.79 Å². The standard InChI is InChI=1S/C21H26N2O4S/c1-27-19-8-6-7-17(15-19)16-22-21(24)18-9-11-20(12-10-18)28(25,26)23-13-4-2-3-5-14-23/h6-12,15H,2-5,13-14,16H2,1H3,(H,22,24). The normalized spacial score (nSPS) is 15.6. The number of carbonyl (C=O) groups excluding carboxylic acids is 1. The van der Waals surface area contributed by atoms with Gasteiger partial charge in [0.25, 0.3) is 5.91 Å². The lowest BCUT2D eigenvalue weighted by Crippen LogP contribution is -2.32. The highest BCUT2D eigenvalue weighted by molar-refractivity contribution is 7.89. The van der Waals surface area contributed by atoms with Gasteiger partial charge in [0.2, 0.25) is 10.0 Å². The van der Waals surface area contributed by atoms with Crippen molar-refractivity contribution in [2.24, 2.45) is 0 Å². The van der Waals surface area contributed by atoms with E-state index in [0.717, 1.165) is 37.0 Å². The first kappa shape index (κ1) is 20.4. The predicted molar refractivity (Wildman–Crippen MR) is 108 cm³/mol. The summed E-state index contributed by atoms with van der Waals surface area (Å²) in [7, 11) is -1.91. The molecule has 1 amide bonds. The Kier molecular flexibility index (Phi) is 6.70. The Balaban J connectivity index is 1.65. The van der Waals surface area contributed by atoms with Crippen molar-refractivity contribution >= 4 is 15.9 Å². The minimum atomic E-state index is -3.50. The average Bonchev–Trinajstić information content (AvgIpc) is 3.02. The first-order valence-corrected chi connectivity index (χ1v) is 11.0. The SMILES string of the molecule is COc1cccc(CNC(=O)c2ccc(S(=O)(=O)N3CCCCCC3)cc2)c1. The van der Waals surface area contributed by atoms with E-state index >= 15 is 0 Å². The van der Waals surface area contributed by atoms with Crippen LogP contribution in [0.4, 0.5) is 0 Å². The molecule has 1 aliphatic rings. The zero-order chi connectivity index (χ0) is 20.0. The summed E-state index contributed by atoms with van der Waals surface area (Å²) in [6, 6.07) is 13.6. The predicted octanol–water partition coefficient (Wildman–Crippen LogP) is 3.19. The summed E-state index contributed by atoms with van der Waals surface area (Å²) in [5.41, 5.74) is 1.35. The van der Waals surface area contributed by atoms with Crippen LogP contribution in [-0.4, -0.2) is 38.8 Å². The number of benzene rings is 2. The Bertz CT molecular complexity index is 902. The Morgan fingerprint density at radius 1 is 1.04 bits per heavy atom. The van der Waals surface area contributed by atoms with Crippen LogP contribution in [0.15, 0.2) is 53.4 Å². The molecule has 3 rings (SSSR count). The zero-order valence-electron chi connectivity index (χ0n) is 16.1. The van der Waals surface area contributed by atoms with E-state index < -0.39 is 10.0 Å². The molecule has 2 aromatic carbocycles. The van der Waals surface area contributed by atoms with Crippen molar-refractivity contribution in [3.05, 3.63) is 59.7 Å². The summed E-state index contributed by atoms with van der Waals surface area (Å²) in [5, 5.41) is 2.84. The molecule has 1 fully saturated rings. The van der Waals surface area contributed by atoms with E-state index in [4.69, 9.17) is 4.74 Å². The van der Waals surface area contributed by atoms with Crippen molar-refractivity contribution in [1.82, 2.24) is 9.62 Å². The summed E-state index contributed by atoms with van der Waals surface area (Å²) in [5.74, 6) is 0.483. The molecular weight excluding hydrogens is 376 g/mol. The van der Waals surface area contributed by atoms with Crippen LogP contribution in [0.2, 0.25) is 0 Å². The summed E-state index contributed by atoms with van der Waals surface area (Å²) in [6.45, 7) is 1.49. The van der Waals surface area contributed by atoms with E-state index in [0.29, 0.717) is 25.2 Å². The molecule has 150 valence electrons. The van der Waals surface area contributed by atoms with E-state index in [-0.39, 0.29) is 10.8 Å². The number of rotatable bonds is 6. The molecule has 0 unspecified atom stereocenters. The van der Waals surface area contributed by atoms with Gasteiger partial charge in [0.15, 0.2) is 0 Å².